The van der Waals surface area contributed by atoms with Gasteiger partial charge in [-0.1, -0.05) is 11.6 Å². The van der Waals surface area contributed by atoms with Crippen LogP contribution < -0.4 is 5.32 Å². The number of aryl methyl sites for hydroxylation is 1. The summed E-state index contributed by atoms with van der Waals surface area (Å²) >= 11 is 6.13. The number of amides is 2. The molecule has 1 atom stereocenters. The molecule has 4 aromatic rings. The van der Waals surface area contributed by atoms with Crippen molar-refractivity contribution in [2.45, 2.75) is 13.0 Å². The predicted molar refractivity (Wildman–Crippen MR) is 123 cm³/mol. The molecule has 0 spiro atoms. The van der Waals surface area contributed by atoms with Gasteiger partial charge in [-0.05, 0) is 25.1 Å². The Labute approximate surface area is 193 Å². The molecule has 1 aromatic carbocycles. The largest absolute Gasteiger partial charge is 0.378 e. The fraction of sp³-hybridized carbons (Fsp3) is 0.318. The van der Waals surface area contributed by atoms with Crippen molar-refractivity contribution in [3.63, 3.8) is 0 Å². The minimum Gasteiger partial charge on any atom is -0.378 e. The Morgan fingerprint density at radius 1 is 1.27 bits per heavy atom. The highest BCUT2D eigenvalue weighted by atomic mass is 35.5. The van der Waals surface area contributed by atoms with Gasteiger partial charge >= 0.3 is 0 Å². The molecule has 4 heterocycles. The normalized spacial score (nSPS) is 15.2. The number of ether oxygens (including phenoxy) is 1. The number of benzene rings is 1. The Bertz CT molecular complexity index is 1370. The van der Waals surface area contributed by atoms with Gasteiger partial charge in [0.25, 0.3) is 5.91 Å². The SMILES string of the molecule is CC(NC(=O)c1c[nH]c2ncc(-c3nn(C)c4cc(Cl)ccc34)nc12)C(=O)N1CCOCC1. The third kappa shape index (κ3) is 3.91. The Balaban J connectivity index is 1.44. The van der Waals surface area contributed by atoms with Crippen LogP contribution in [-0.4, -0.2) is 73.8 Å². The van der Waals surface area contributed by atoms with Crippen molar-refractivity contribution in [3.05, 3.63) is 41.2 Å². The van der Waals surface area contributed by atoms with Gasteiger partial charge in [0.1, 0.15) is 22.9 Å². The number of rotatable bonds is 4. The van der Waals surface area contributed by atoms with Crippen molar-refractivity contribution >= 4 is 45.5 Å². The van der Waals surface area contributed by atoms with E-state index in [0.717, 1.165) is 10.9 Å². The van der Waals surface area contributed by atoms with Crippen LogP contribution in [0.25, 0.3) is 33.5 Å². The van der Waals surface area contributed by atoms with Gasteiger partial charge in [0.2, 0.25) is 5.91 Å². The second-order valence-electron chi connectivity index (χ2n) is 7.92. The summed E-state index contributed by atoms with van der Waals surface area (Å²) in [6, 6.07) is 4.83. The molecule has 0 radical (unpaired) electrons. The molecule has 1 aliphatic rings. The van der Waals surface area contributed by atoms with E-state index < -0.39 is 11.9 Å². The van der Waals surface area contributed by atoms with E-state index in [1.807, 2.05) is 19.2 Å². The zero-order valence-corrected chi connectivity index (χ0v) is 18.9. The van der Waals surface area contributed by atoms with Gasteiger partial charge in [0.05, 0.1) is 30.5 Å². The molecule has 0 saturated carbocycles. The van der Waals surface area contributed by atoms with E-state index in [1.54, 1.807) is 35.0 Å². The van der Waals surface area contributed by atoms with Crippen LogP contribution in [0, 0.1) is 0 Å². The van der Waals surface area contributed by atoms with Crippen LogP contribution in [0.2, 0.25) is 5.02 Å². The third-order valence-corrected chi connectivity index (χ3v) is 5.96. The second-order valence-corrected chi connectivity index (χ2v) is 8.36. The number of aromatic nitrogens is 5. The molecule has 11 heteroatoms. The molecule has 1 fully saturated rings. The maximum absolute atomic E-state index is 13.0. The topological polar surface area (TPSA) is 118 Å². The summed E-state index contributed by atoms with van der Waals surface area (Å²) in [5.74, 6) is -0.545. The molecular formula is C22H22ClN7O3. The number of aromatic amines is 1. The van der Waals surface area contributed by atoms with Gasteiger partial charge in [-0.25, -0.2) is 9.97 Å². The van der Waals surface area contributed by atoms with Crippen LogP contribution in [0.3, 0.4) is 0 Å². The lowest BCUT2D eigenvalue weighted by molar-refractivity contribution is -0.136. The van der Waals surface area contributed by atoms with E-state index in [2.05, 4.69) is 25.4 Å². The van der Waals surface area contributed by atoms with Crippen molar-refractivity contribution in [3.8, 4) is 11.4 Å². The number of morpholine rings is 1. The first-order chi connectivity index (χ1) is 15.9. The van der Waals surface area contributed by atoms with Crippen molar-refractivity contribution < 1.29 is 14.3 Å². The van der Waals surface area contributed by atoms with E-state index in [-0.39, 0.29) is 5.91 Å². The summed E-state index contributed by atoms with van der Waals surface area (Å²) in [4.78, 5) is 39.4. The smallest absolute Gasteiger partial charge is 0.255 e. The second kappa shape index (κ2) is 8.45. The van der Waals surface area contributed by atoms with E-state index in [0.29, 0.717) is 59.4 Å². The first-order valence-electron chi connectivity index (χ1n) is 10.6. The number of halogens is 1. The number of H-pyrrole nitrogens is 1. The fourth-order valence-corrected chi connectivity index (χ4v) is 4.16. The molecule has 5 rings (SSSR count). The van der Waals surface area contributed by atoms with Crippen LogP contribution in [0.5, 0.6) is 0 Å². The molecule has 1 unspecified atom stereocenters. The van der Waals surface area contributed by atoms with Crippen LogP contribution in [-0.2, 0) is 16.6 Å². The predicted octanol–water partition coefficient (Wildman–Crippen LogP) is 2.14. The molecule has 33 heavy (non-hydrogen) atoms. The minimum absolute atomic E-state index is 0.142. The van der Waals surface area contributed by atoms with Crippen molar-refractivity contribution in [2.75, 3.05) is 26.3 Å². The highest BCUT2D eigenvalue weighted by Gasteiger charge is 2.25. The van der Waals surface area contributed by atoms with Gasteiger partial charge in [-0.3, -0.25) is 14.3 Å². The van der Waals surface area contributed by atoms with Crippen LogP contribution in [0.4, 0.5) is 0 Å². The maximum Gasteiger partial charge on any atom is 0.255 e. The highest BCUT2D eigenvalue weighted by molar-refractivity contribution is 6.31. The van der Waals surface area contributed by atoms with Crippen molar-refractivity contribution in [2.24, 2.45) is 7.05 Å². The lowest BCUT2D eigenvalue weighted by Gasteiger charge is -2.29. The monoisotopic (exact) mass is 467 g/mol. The number of carbonyl (C=O) groups is 2. The first-order valence-corrected chi connectivity index (χ1v) is 10.9. The maximum atomic E-state index is 13.0. The van der Waals surface area contributed by atoms with Crippen molar-refractivity contribution in [1.29, 1.82) is 0 Å². The van der Waals surface area contributed by atoms with Gasteiger partial charge in [-0.2, -0.15) is 5.10 Å². The van der Waals surface area contributed by atoms with Crippen LogP contribution >= 0.6 is 11.6 Å². The lowest BCUT2D eigenvalue weighted by Crippen LogP contribution is -2.50. The van der Waals surface area contributed by atoms with Crippen LogP contribution in [0.15, 0.2) is 30.6 Å². The Kier molecular flexibility index (Phi) is 5.47. The molecule has 0 aliphatic carbocycles. The van der Waals surface area contributed by atoms with Gasteiger partial charge in [-0.15, -0.1) is 0 Å². The summed E-state index contributed by atoms with van der Waals surface area (Å²) in [5.41, 5.74) is 3.22. The van der Waals surface area contributed by atoms with E-state index in [4.69, 9.17) is 16.3 Å². The molecule has 1 saturated heterocycles. The highest BCUT2D eigenvalue weighted by Crippen LogP contribution is 2.29. The zero-order valence-electron chi connectivity index (χ0n) is 18.1. The number of nitrogens with zero attached hydrogens (tertiary/aromatic N) is 5. The molecule has 3 aromatic heterocycles. The number of nitrogens with one attached hydrogen (secondary N) is 2. The summed E-state index contributed by atoms with van der Waals surface area (Å²) in [6.07, 6.45) is 3.16. The Morgan fingerprint density at radius 3 is 2.85 bits per heavy atom. The minimum atomic E-state index is -0.679. The first kappa shape index (κ1) is 21.4. The molecule has 2 N–H and O–H groups in total. The van der Waals surface area contributed by atoms with E-state index >= 15 is 0 Å². The van der Waals surface area contributed by atoms with Crippen LogP contribution in [0.1, 0.15) is 17.3 Å². The molecule has 0 bridgehead atoms. The Morgan fingerprint density at radius 2 is 2.06 bits per heavy atom. The average Bonchev–Trinajstić information content (AvgIpc) is 3.39. The third-order valence-electron chi connectivity index (χ3n) is 5.72. The number of hydrogen-bond donors (Lipinski definition) is 2. The van der Waals surface area contributed by atoms with Gasteiger partial charge in [0, 0.05) is 36.7 Å². The lowest BCUT2D eigenvalue weighted by atomic mass is 10.1. The summed E-state index contributed by atoms with van der Waals surface area (Å²) in [6.45, 7) is 3.71. The molecular weight excluding hydrogens is 446 g/mol. The fourth-order valence-electron chi connectivity index (χ4n) is 3.99. The van der Waals surface area contributed by atoms with Crippen molar-refractivity contribution in [1.82, 2.24) is 34.9 Å². The molecule has 170 valence electrons. The quantitative estimate of drug-likeness (QED) is 0.474. The van der Waals surface area contributed by atoms with Gasteiger partial charge in [0.15, 0.2) is 5.65 Å². The van der Waals surface area contributed by atoms with E-state index in [9.17, 15) is 9.59 Å². The van der Waals surface area contributed by atoms with E-state index in [1.165, 1.54) is 0 Å². The molecule has 1 aliphatic heterocycles. The van der Waals surface area contributed by atoms with Gasteiger partial charge < -0.3 is 19.9 Å². The standard InChI is InChI=1S/C22H22ClN7O3/c1-12(22(32)30-5-7-33-8-6-30)26-21(31)15-10-24-20-19(15)27-16(11-25-20)18-14-4-3-13(23)9-17(14)29(2)28-18/h3-4,9-12H,5-8H2,1-2H3,(H,24,25)(H,26,31). The number of hydrogen-bond acceptors (Lipinski definition) is 6. The number of fused-ring (bicyclic) bond motifs is 2. The molecule has 10 nitrogen and oxygen atoms in total. The summed E-state index contributed by atoms with van der Waals surface area (Å²) < 4.78 is 7.01. The molecule has 2 amide bonds. The zero-order chi connectivity index (χ0) is 23.1. The summed E-state index contributed by atoms with van der Waals surface area (Å²) in [7, 11) is 1.83. The Hall–Kier alpha value is -3.50. The number of carbonyl (C=O) groups excluding carboxylic acids is 2. The average molecular weight is 468 g/mol. The summed E-state index contributed by atoms with van der Waals surface area (Å²) in [5, 5.41) is 8.84.